The van der Waals surface area contributed by atoms with E-state index in [1.165, 1.54) is 20.3 Å². The second kappa shape index (κ2) is 21.5. The number of fused-ring (bicyclic) bond motifs is 13. The molecule has 5 bridgehead atoms. The molecule has 0 aromatic heterocycles. The van der Waals surface area contributed by atoms with Crippen LogP contribution >= 0.6 is 0 Å². The first-order chi connectivity index (χ1) is 33.5. The summed E-state index contributed by atoms with van der Waals surface area (Å²) < 4.78 is 30.4. The van der Waals surface area contributed by atoms with Crippen LogP contribution in [0.15, 0.2) is 46.1 Å². The first kappa shape index (κ1) is 53.7. The Morgan fingerprint density at radius 1 is 0.873 bits per heavy atom. The van der Waals surface area contributed by atoms with E-state index in [2.05, 4.69) is 34.0 Å². The van der Waals surface area contributed by atoms with Crippen molar-refractivity contribution in [3.8, 4) is 17.2 Å². The fourth-order valence-electron chi connectivity index (χ4n) is 10.8. The zero-order chi connectivity index (χ0) is 51.9. The predicted octanol–water partition coefficient (Wildman–Crippen LogP) is 4.98. The second-order valence-electron chi connectivity index (χ2n) is 21.1. The van der Waals surface area contributed by atoms with Crippen LogP contribution in [0.5, 0.6) is 17.2 Å². The summed E-state index contributed by atoms with van der Waals surface area (Å²) in [5.74, 6) is -6.23. The van der Waals surface area contributed by atoms with Crippen molar-refractivity contribution in [3.63, 3.8) is 0 Å². The lowest BCUT2D eigenvalue weighted by atomic mass is 9.78. The lowest BCUT2D eigenvalue weighted by Crippen LogP contribution is -2.53. The molecule has 1 spiro atoms. The van der Waals surface area contributed by atoms with Crippen molar-refractivity contribution in [1.29, 1.82) is 0 Å². The Bertz CT molecular complexity index is 2570. The third-order valence-electron chi connectivity index (χ3n) is 15.4. The number of aromatic hydroxyl groups is 2. The molecule has 2 aromatic carbocycles. The molecule has 1 unspecified atom stereocenters. The number of hydrogen-bond acceptors (Lipinski definition) is 16. The number of piperidine rings is 1. The van der Waals surface area contributed by atoms with Crippen molar-refractivity contribution >= 4 is 34.2 Å². The van der Waals surface area contributed by atoms with Gasteiger partial charge in [-0.2, -0.15) is 0 Å². The molecule has 0 saturated carbocycles. The number of aliphatic hydroxyl groups is 2. The molecule has 0 radical (unpaired) electrons. The topological polar surface area (TPSA) is 225 Å². The highest BCUT2D eigenvalue weighted by Crippen LogP contribution is 2.51. The van der Waals surface area contributed by atoms with Crippen LogP contribution in [0, 0.1) is 36.5 Å². The standard InChI is InChI=1S/C53H76N6O12/c1-28(2)26-57-19-17-53(18-20-57)55-40-37-38-45(62)35(9)48-39(37)49(64)52(10,71-48)69-25-16-36(68-12)32(6)47(70-51(66)59-23-21-58(22-24-59)27-31(5)67-11)34(8)44(61)33(7)43(60)29(3)14-13-15-30(4)50(65)54-42(46(38)63)41(40)56-53/h13-16,25,28-29,31-34,36,43-44,47,55,60-63H,17-24,26-27H2,1-12H3/b14-13+,25-16+,30-15-,54-42?/t29-,31?,32+,33+,34+,36-,43-,44+,47+,52-/m0/s1. The molecule has 18 heteroatoms. The molecule has 2 saturated heterocycles. The van der Waals surface area contributed by atoms with Crippen molar-refractivity contribution < 1.29 is 58.5 Å². The maximum Gasteiger partial charge on any atom is 0.410 e. The Morgan fingerprint density at radius 2 is 1.54 bits per heavy atom. The van der Waals surface area contributed by atoms with E-state index in [-0.39, 0.29) is 55.8 Å². The van der Waals surface area contributed by atoms with Gasteiger partial charge in [0.1, 0.15) is 34.0 Å². The van der Waals surface area contributed by atoms with Gasteiger partial charge in [0.15, 0.2) is 5.75 Å². The van der Waals surface area contributed by atoms with Gasteiger partial charge >= 0.3 is 11.9 Å². The molecule has 18 nitrogen and oxygen atoms in total. The Morgan fingerprint density at radius 3 is 2.17 bits per heavy atom. The molecule has 2 amide bonds. The summed E-state index contributed by atoms with van der Waals surface area (Å²) in [7, 11) is 3.16. The third-order valence-corrected chi connectivity index (χ3v) is 15.4. The maximum absolute atomic E-state index is 14.9. The van der Waals surface area contributed by atoms with Crippen molar-refractivity contribution in [2.45, 2.75) is 124 Å². The number of anilines is 1. The number of carbonyl (C=O) groups excluding carboxylic acids is 3. The number of nitrogens with one attached hydrogen (secondary N) is 1. The first-order valence-electron chi connectivity index (χ1n) is 25.2. The Kier molecular flexibility index (Phi) is 16.3. The molecule has 2 fully saturated rings. The molecule has 71 heavy (non-hydrogen) atoms. The number of ether oxygens (including phenoxy) is 5. The normalized spacial score (nSPS) is 31.8. The van der Waals surface area contributed by atoms with Gasteiger partial charge in [0.05, 0.1) is 47.3 Å². The fourth-order valence-corrected chi connectivity index (χ4v) is 10.8. The van der Waals surface area contributed by atoms with Gasteiger partial charge < -0.3 is 59.2 Å². The van der Waals surface area contributed by atoms with Crippen LogP contribution in [-0.4, -0.2) is 161 Å². The van der Waals surface area contributed by atoms with E-state index in [0.717, 1.165) is 26.2 Å². The number of phenols is 2. The monoisotopic (exact) mass is 989 g/mol. The molecular formula is C53H76N6O12. The van der Waals surface area contributed by atoms with Crippen LogP contribution in [0.3, 0.4) is 0 Å². The molecule has 390 valence electrons. The van der Waals surface area contributed by atoms with E-state index < -0.39 is 83.1 Å². The minimum Gasteiger partial charge on any atom is -0.507 e. The van der Waals surface area contributed by atoms with Crippen LogP contribution in [0.4, 0.5) is 10.5 Å². The number of phenolic OH excluding ortho intramolecular Hbond substituents is 2. The van der Waals surface area contributed by atoms with Crippen molar-refractivity contribution in [3.05, 3.63) is 58.0 Å². The highest BCUT2D eigenvalue weighted by atomic mass is 16.7. The van der Waals surface area contributed by atoms with Crippen LogP contribution in [0.1, 0.15) is 91.1 Å². The smallest absolute Gasteiger partial charge is 0.410 e. The number of aliphatic hydroxyl groups excluding tert-OH is 2. The summed E-state index contributed by atoms with van der Waals surface area (Å²) in [6, 6.07) is 0. The van der Waals surface area contributed by atoms with Crippen molar-refractivity contribution in [1.82, 2.24) is 14.7 Å². The molecular weight excluding hydrogens is 913 g/mol. The molecule has 6 heterocycles. The number of allylic oxidation sites excluding steroid dienone is 2. The zero-order valence-corrected chi connectivity index (χ0v) is 43.5. The number of Topliss-reactive ketones (excluding diaryl/α,β-unsaturated/α-hetero) is 1. The average Bonchev–Trinajstić information content (AvgIpc) is 3.84. The van der Waals surface area contributed by atoms with Gasteiger partial charge in [-0.25, -0.2) is 9.79 Å². The lowest BCUT2D eigenvalue weighted by Gasteiger charge is -2.40. The number of methoxy groups -OCH3 is 2. The fraction of sp³-hybridized carbons (Fsp3) is 0.642. The minimum atomic E-state index is -1.98. The summed E-state index contributed by atoms with van der Waals surface area (Å²) >= 11 is 0. The minimum absolute atomic E-state index is 0.0342. The SMILES string of the molecule is COC(C)CN1CCN(C(=O)O[C@H]2[C@H](C)[C@H](O)[C@H](C)[C@@H](O)[C@@H](C)/C=C/C=C(/C)C(=O)N=c3c(O)c4c(O)c(C)c5c(c4c4c3=NC3(CCN(CC(C)C)CC3)N4)C(=O)[C@@](C)(O/C=C/[C@H](OC)[C@H]2C)O5)CC1. The quantitative estimate of drug-likeness (QED) is 0.231. The molecule has 5 N–H and O–H groups in total. The zero-order valence-electron chi connectivity index (χ0n) is 43.5. The van der Waals surface area contributed by atoms with E-state index in [1.807, 2.05) is 13.8 Å². The van der Waals surface area contributed by atoms with Gasteiger partial charge in [-0.15, -0.1) is 0 Å². The van der Waals surface area contributed by atoms with E-state index in [1.54, 1.807) is 70.9 Å². The number of likely N-dealkylation sites (tertiary alicyclic amines) is 1. The average molecular weight is 989 g/mol. The number of rotatable bonds is 7. The van der Waals surface area contributed by atoms with Crippen LogP contribution < -0.4 is 20.8 Å². The van der Waals surface area contributed by atoms with Gasteiger partial charge in [0, 0.05) is 127 Å². The molecule has 6 aliphatic heterocycles. The number of amides is 2. The van der Waals surface area contributed by atoms with Crippen molar-refractivity contribution in [2.24, 2.45) is 39.6 Å². The number of hydrogen-bond donors (Lipinski definition) is 5. The summed E-state index contributed by atoms with van der Waals surface area (Å²) in [6.07, 6.45) is 4.44. The Hall–Kier alpha value is -5.11. The lowest BCUT2D eigenvalue weighted by molar-refractivity contribution is -0.114. The van der Waals surface area contributed by atoms with Gasteiger partial charge in [-0.3, -0.25) is 19.5 Å². The van der Waals surface area contributed by atoms with Gasteiger partial charge in [0.2, 0.25) is 0 Å². The Labute approximate surface area is 417 Å². The predicted molar refractivity (Wildman–Crippen MR) is 267 cm³/mol. The van der Waals surface area contributed by atoms with Gasteiger partial charge in [-0.05, 0) is 32.8 Å². The van der Waals surface area contributed by atoms with Crippen LogP contribution in [-0.2, 0) is 23.7 Å². The number of ketones is 1. The summed E-state index contributed by atoms with van der Waals surface area (Å²) in [5, 5.41) is 51.5. The number of carbonyl (C=O) groups is 3. The van der Waals surface area contributed by atoms with Gasteiger partial charge in [-0.1, -0.05) is 59.8 Å². The number of benzene rings is 2. The number of nitrogens with zero attached hydrogens (tertiary/aromatic N) is 5. The number of piperazine rings is 1. The Balaban J connectivity index is 1.31. The summed E-state index contributed by atoms with van der Waals surface area (Å²) in [6.45, 7) is 23.2. The van der Waals surface area contributed by atoms with Crippen molar-refractivity contribution in [2.75, 3.05) is 71.9 Å². The molecule has 6 aliphatic rings. The summed E-state index contributed by atoms with van der Waals surface area (Å²) in [5.41, 5.74) is -0.138. The van der Waals surface area contributed by atoms with E-state index in [9.17, 15) is 34.8 Å². The highest BCUT2D eigenvalue weighted by Gasteiger charge is 2.51. The maximum atomic E-state index is 14.9. The van der Waals surface area contributed by atoms with Crippen LogP contribution in [0.25, 0.3) is 10.8 Å². The third kappa shape index (κ3) is 10.7. The molecule has 8 rings (SSSR count). The largest absolute Gasteiger partial charge is 0.507 e. The molecule has 2 aromatic rings. The molecule has 10 atom stereocenters. The first-order valence-corrected chi connectivity index (χ1v) is 25.2. The van der Waals surface area contributed by atoms with E-state index in [4.69, 9.17) is 28.7 Å². The van der Waals surface area contributed by atoms with Gasteiger partial charge in [0.25, 0.3) is 11.7 Å². The van der Waals surface area contributed by atoms with E-state index in [0.29, 0.717) is 50.6 Å². The highest BCUT2D eigenvalue weighted by molar-refractivity contribution is 6.21. The summed E-state index contributed by atoms with van der Waals surface area (Å²) in [4.78, 5) is 58.8. The molecule has 0 aliphatic carbocycles. The van der Waals surface area contributed by atoms with E-state index >= 15 is 0 Å². The second-order valence-corrected chi connectivity index (χ2v) is 21.1. The van der Waals surface area contributed by atoms with Crippen LogP contribution in [0.2, 0.25) is 0 Å².